The number of amides is 1. The molecular weight excluding hydrogens is 500 g/mol. The number of furan rings is 1. The normalized spacial score (nSPS) is 13.9. The van der Waals surface area contributed by atoms with E-state index < -0.39 is 5.91 Å². The number of rotatable bonds is 8. The van der Waals surface area contributed by atoms with Gasteiger partial charge in [0.05, 0.1) is 31.0 Å². The summed E-state index contributed by atoms with van der Waals surface area (Å²) < 4.78 is 16.9. The van der Waals surface area contributed by atoms with Gasteiger partial charge in [0, 0.05) is 54.7 Å². The quantitative estimate of drug-likeness (QED) is 0.222. The zero-order chi connectivity index (χ0) is 27.5. The molecule has 1 aliphatic heterocycles. The highest BCUT2D eigenvalue weighted by atomic mass is 16.5. The van der Waals surface area contributed by atoms with Gasteiger partial charge in [0.15, 0.2) is 11.5 Å². The fraction of sp³-hybridized carbons (Fsp3) is 0.357. The van der Waals surface area contributed by atoms with E-state index in [4.69, 9.17) is 24.1 Å². The Morgan fingerprint density at radius 2 is 1.77 bits per heavy atom. The van der Waals surface area contributed by atoms with E-state index in [-0.39, 0.29) is 5.56 Å². The Bertz CT molecular complexity index is 1480. The maximum Gasteiger partial charge on any atom is 0.277 e. The number of carbonyl (C=O) groups excluding carboxylic acids is 1. The van der Waals surface area contributed by atoms with Crippen LogP contribution in [0.15, 0.2) is 41.1 Å². The smallest absolute Gasteiger partial charge is 0.277 e. The lowest BCUT2D eigenvalue weighted by Crippen LogP contribution is -2.37. The van der Waals surface area contributed by atoms with Gasteiger partial charge in [-0.15, -0.1) is 0 Å². The van der Waals surface area contributed by atoms with Crippen molar-refractivity contribution in [1.82, 2.24) is 20.4 Å². The molecule has 39 heavy (non-hydrogen) atoms. The Morgan fingerprint density at radius 1 is 1.08 bits per heavy atom. The molecule has 0 atom stereocenters. The minimum absolute atomic E-state index is 0.208. The Hall–Kier alpha value is -4.38. The second-order valence-corrected chi connectivity index (χ2v) is 9.63. The van der Waals surface area contributed by atoms with Crippen LogP contribution in [-0.4, -0.2) is 59.9 Å². The lowest BCUT2D eigenvalue weighted by atomic mass is 9.96. The van der Waals surface area contributed by atoms with E-state index in [0.717, 1.165) is 71.8 Å². The average molecular weight is 533 g/mol. The first-order valence-electron chi connectivity index (χ1n) is 12.8. The van der Waals surface area contributed by atoms with Crippen molar-refractivity contribution in [3.05, 3.63) is 53.7 Å². The number of hydrogen-bond donors (Lipinski definition) is 3. The predicted octanol–water partition coefficient (Wildman–Crippen LogP) is 4.37. The molecule has 1 fully saturated rings. The molecule has 1 saturated heterocycles. The monoisotopic (exact) mass is 532 g/mol. The number of anilines is 2. The van der Waals surface area contributed by atoms with E-state index in [1.165, 1.54) is 12.4 Å². The molecule has 3 aromatic heterocycles. The first-order valence-corrected chi connectivity index (χ1v) is 12.8. The van der Waals surface area contributed by atoms with Crippen LogP contribution in [0.3, 0.4) is 0 Å². The lowest BCUT2D eigenvalue weighted by Gasteiger charge is -2.32. The van der Waals surface area contributed by atoms with Gasteiger partial charge in [-0.25, -0.2) is 20.4 Å². The van der Waals surface area contributed by atoms with E-state index >= 15 is 0 Å². The summed E-state index contributed by atoms with van der Waals surface area (Å²) in [6, 6.07) is 7.94. The molecule has 5 rings (SSSR count). The molecule has 3 N–H and O–H groups in total. The van der Waals surface area contributed by atoms with E-state index in [0.29, 0.717) is 23.4 Å². The number of aryl methyl sites for hydroxylation is 2. The maximum absolute atomic E-state index is 11.5. The van der Waals surface area contributed by atoms with E-state index in [9.17, 15) is 4.79 Å². The largest absolute Gasteiger partial charge is 0.493 e. The van der Waals surface area contributed by atoms with Gasteiger partial charge in [0.2, 0.25) is 5.95 Å². The van der Waals surface area contributed by atoms with Crippen molar-refractivity contribution in [2.75, 3.05) is 44.1 Å². The highest BCUT2D eigenvalue weighted by Gasteiger charge is 2.22. The first-order chi connectivity index (χ1) is 18.9. The van der Waals surface area contributed by atoms with Gasteiger partial charge in [-0.2, -0.15) is 0 Å². The second-order valence-electron chi connectivity index (χ2n) is 9.63. The topological polar surface area (TPSA) is 135 Å². The standard InChI is InChI=1S/C28H32N6O5/c1-16-9-20(17(2)39-16)23-11-22(21-10-25(37-3)26(38-4)12-24(21)32-23)29-13-18-5-7-34(8-6-18)28-30-14-19(15-31-28)27(35)33-36/h9-12,14-15,18,36H,5-8,13H2,1-4H3,(H,29,32)(H,33,35). The Labute approximate surface area is 226 Å². The lowest BCUT2D eigenvalue weighted by molar-refractivity contribution is 0.0705. The van der Waals surface area contributed by atoms with Gasteiger partial charge in [-0.3, -0.25) is 10.0 Å². The summed E-state index contributed by atoms with van der Waals surface area (Å²) in [5.74, 6) is 3.33. The maximum atomic E-state index is 11.5. The number of nitrogens with zero attached hydrogens (tertiary/aromatic N) is 4. The zero-order valence-electron chi connectivity index (χ0n) is 22.4. The fourth-order valence-electron chi connectivity index (χ4n) is 4.98. The number of hydroxylamine groups is 1. The minimum Gasteiger partial charge on any atom is -0.493 e. The summed E-state index contributed by atoms with van der Waals surface area (Å²) in [6.45, 7) is 6.28. The molecular formula is C28H32N6O5. The number of pyridine rings is 1. The number of methoxy groups -OCH3 is 2. The average Bonchev–Trinajstić information content (AvgIpc) is 3.32. The van der Waals surface area contributed by atoms with Gasteiger partial charge in [0.1, 0.15) is 11.5 Å². The van der Waals surface area contributed by atoms with Crippen molar-refractivity contribution >= 4 is 28.4 Å². The van der Waals surface area contributed by atoms with Crippen LogP contribution >= 0.6 is 0 Å². The van der Waals surface area contributed by atoms with E-state index in [2.05, 4.69) is 26.3 Å². The summed E-state index contributed by atoms with van der Waals surface area (Å²) in [5.41, 5.74) is 5.36. The van der Waals surface area contributed by atoms with Crippen molar-refractivity contribution in [2.45, 2.75) is 26.7 Å². The third-order valence-corrected chi connectivity index (χ3v) is 7.11. The van der Waals surface area contributed by atoms with Crippen molar-refractivity contribution < 1.29 is 23.9 Å². The molecule has 0 aliphatic carbocycles. The second kappa shape index (κ2) is 11.2. The van der Waals surface area contributed by atoms with Crippen molar-refractivity contribution in [3.63, 3.8) is 0 Å². The van der Waals surface area contributed by atoms with Crippen LogP contribution in [0.25, 0.3) is 22.2 Å². The summed E-state index contributed by atoms with van der Waals surface area (Å²) in [5, 5.41) is 13.4. The van der Waals surface area contributed by atoms with Gasteiger partial charge >= 0.3 is 0 Å². The van der Waals surface area contributed by atoms with Gasteiger partial charge in [0.25, 0.3) is 5.91 Å². The molecule has 204 valence electrons. The molecule has 1 aliphatic rings. The van der Waals surface area contributed by atoms with Crippen LogP contribution in [0, 0.1) is 19.8 Å². The van der Waals surface area contributed by atoms with Crippen LogP contribution in [0.5, 0.6) is 11.5 Å². The van der Waals surface area contributed by atoms with Gasteiger partial charge < -0.3 is 24.1 Å². The SMILES string of the molecule is COc1cc2nc(-c3cc(C)oc3C)cc(NCC3CCN(c4ncc(C(=O)NO)cn4)CC3)c2cc1OC. The zero-order valence-corrected chi connectivity index (χ0v) is 22.4. The molecule has 0 bridgehead atoms. The van der Waals surface area contributed by atoms with Crippen LogP contribution in [-0.2, 0) is 0 Å². The van der Waals surface area contributed by atoms with Crippen molar-refractivity contribution in [2.24, 2.45) is 5.92 Å². The van der Waals surface area contributed by atoms with E-state index in [1.807, 2.05) is 32.0 Å². The van der Waals surface area contributed by atoms with Crippen molar-refractivity contribution in [3.8, 4) is 22.8 Å². The van der Waals surface area contributed by atoms with Crippen LogP contribution < -0.4 is 25.2 Å². The molecule has 0 saturated carbocycles. The van der Waals surface area contributed by atoms with Crippen LogP contribution in [0.2, 0.25) is 0 Å². The molecule has 1 amide bonds. The molecule has 4 aromatic rings. The van der Waals surface area contributed by atoms with Crippen LogP contribution in [0.1, 0.15) is 34.7 Å². The summed E-state index contributed by atoms with van der Waals surface area (Å²) in [4.78, 5) is 27.1. The first kappa shape index (κ1) is 26.2. The number of piperidine rings is 1. The third kappa shape index (κ3) is 5.44. The van der Waals surface area contributed by atoms with E-state index in [1.54, 1.807) is 19.7 Å². The number of aromatic nitrogens is 3. The summed E-state index contributed by atoms with van der Waals surface area (Å²) in [6.07, 6.45) is 4.75. The van der Waals surface area contributed by atoms with Gasteiger partial charge in [-0.1, -0.05) is 0 Å². The number of fused-ring (bicyclic) bond motifs is 1. The molecule has 0 spiro atoms. The third-order valence-electron chi connectivity index (χ3n) is 7.11. The molecule has 0 radical (unpaired) electrons. The van der Waals surface area contributed by atoms with Gasteiger partial charge in [-0.05, 0) is 50.8 Å². The predicted molar refractivity (Wildman–Crippen MR) is 147 cm³/mol. The highest BCUT2D eigenvalue weighted by Crippen LogP contribution is 2.38. The molecule has 4 heterocycles. The molecule has 1 aromatic carbocycles. The van der Waals surface area contributed by atoms with Crippen LogP contribution in [0.4, 0.5) is 11.6 Å². The fourth-order valence-corrected chi connectivity index (χ4v) is 4.98. The molecule has 11 nitrogen and oxygen atoms in total. The summed E-state index contributed by atoms with van der Waals surface area (Å²) >= 11 is 0. The number of nitrogens with one attached hydrogen (secondary N) is 2. The highest BCUT2D eigenvalue weighted by molar-refractivity contribution is 5.96. The Kier molecular flexibility index (Phi) is 7.51. The molecule has 0 unspecified atom stereocenters. The summed E-state index contributed by atoms with van der Waals surface area (Å²) in [7, 11) is 3.25. The van der Waals surface area contributed by atoms with Crippen molar-refractivity contribution in [1.29, 1.82) is 0 Å². The number of benzene rings is 1. The number of hydrogen-bond acceptors (Lipinski definition) is 10. The Morgan fingerprint density at radius 3 is 2.38 bits per heavy atom. The minimum atomic E-state index is -0.632. The number of ether oxygens (including phenoxy) is 2. The Balaban J connectivity index is 1.34. The molecule has 11 heteroatoms. The number of carbonyl (C=O) groups is 1.